The number of alkyl halides is 3. The zero-order valence-corrected chi connectivity index (χ0v) is 15.1. The number of rotatable bonds is 6. The van der Waals surface area contributed by atoms with E-state index in [0.717, 1.165) is 25.2 Å². The predicted octanol–water partition coefficient (Wildman–Crippen LogP) is 7.52. The molecule has 0 radical (unpaired) electrons. The van der Waals surface area contributed by atoms with Crippen molar-refractivity contribution in [2.24, 2.45) is 23.2 Å². The summed E-state index contributed by atoms with van der Waals surface area (Å²) in [5, 5.41) is 0. The maximum atomic E-state index is 13.6. The van der Waals surface area contributed by atoms with Crippen molar-refractivity contribution >= 4 is 0 Å². The lowest BCUT2D eigenvalue weighted by Crippen LogP contribution is -2.42. The molecule has 0 N–H and O–H groups in total. The van der Waals surface area contributed by atoms with Crippen LogP contribution in [0.25, 0.3) is 0 Å². The van der Waals surface area contributed by atoms with Gasteiger partial charge in [-0.3, -0.25) is 0 Å². The molecule has 0 aromatic rings. The summed E-state index contributed by atoms with van der Waals surface area (Å²) in [6.07, 6.45) is 8.09. The van der Waals surface area contributed by atoms with Crippen molar-refractivity contribution in [3.05, 3.63) is 0 Å². The minimum Gasteiger partial charge on any atom is -0.171 e. The monoisotopic (exact) mass is 332 g/mol. The Morgan fingerprint density at radius 1 is 0.826 bits per heavy atom. The van der Waals surface area contributed by atoms with Crippen molar-refractivity contribution in [2.45, 2.75) is 103 Å². The van der Waals surface area contributed by atoms with Gasteiger partial charge < -0.3 is 0 Å². The molecule has 0 aromatic heterocycles. The molecule has 0 spiro atoms. The summed E-state index contributed by atoms with van der Waals surface area (Å²) in [7, 11) is 0. The molecule has 2 saturated carbocycles. The van der Waals surface area contributed by atoms with E-state index in [1.54, 1.807) is 0 Å². The van der Waals surface area contributed by atoms with Gasteiger partial charge in [-0.1, -0.05) is 52.4 Å². The van der Waals surface area contributed by atoms with Crippen LogP contribution in [0, 0.1) is 23.2 Å². The van der Waals surface area contributed by atoms with E-state index >= 15 is 0 Å². The Morgan fingerprint density at radius 3 is 1.87 bits per heavy atom. The molecule has 0 amide bonds. The largest absolute Gasteiger partial charge is 0.394 e. The van der Waals surface area contributed by atoms with Gasteiger partial charge in [-0.2, -0.15) is 13.2 Å². The minimum atomic E-state index is -4.01. The zero-order chi connectivity index (χ0) is 16.9. The minimum absolute atomic E-state index is 0.350. The van der Waals surface area contributed by atoms with Gasteiger partial charge in [-0.05, 0) is 62.7 Å². The van der Waals surface area contributed by atoms with Gasteiger partial charge >= 0.3 is 6.18 Å². The van der Waals surface area contributed by atoms with E-state index in [9.17, 15) is 13.2 Å². The van der Waals surface area contributed by atoms with E-state index in [1.165, 1.54) is 38.5 Å². The molecule has 0 unspecified atom stereocenters. The van der Waals surface area contributed by atoms with Gasteiger partial charge in [0.1, 0.15) is 0 Å². The van der Waals surface area contributed by atoms with Crippen LogP contribution in [0.5, 0.6) is 0 Å². The first-order valence-electron chi connectivity index (χ1n) is 9.98. The molecule has 0 saturated heterocycles. The number of hydrogen-bond donors (Lipinski definition) is 0. The van der Waals surface area contributed by atoms with E-state index in [0.29, 0.717) is 37.5 Å². The normalized spacial score (nSPS) is 36.1. The Balaban J connectivity index is 1.87. The van der Waals surface area contributed by atoms with E-state index in [-0.39, 0.29) is 0 Å². The summed E-state index contributed by atoms with van der Waals surface area (Å²) in [6.45, 7) is 4.24. The van der Waals surface area contributed by atoms with Gasteiger partial charge in [0, 0.05) is 0 Å². The van der Waals surface area contributed by atoms with Crippen LogP contribution >= 0.6 is 0 Å². The first kappa shape index (κ1) is 19.1. The van der Waals surface area contributed by atoms with Crippen molar-refractivity contribution < 1.29 is 13.2 Å². The fourth-order valence-corrected chi connectivity index (χ4v) is 5.21. The van der Waals surface area contributed by atoms with E-state index in [2.05, 4.69) is 6.92 Å². The van der Waals surface area contributed by atoms with Crippen LogP contribution in [0.2, 0.25) is 0 Å². The first-order valence-corrected chi connectivity index (χ1v) is 9.98. The molecule has 2 fully saturated rings. The topological polar surface area (TPSA) is 0 Å². The van der Waals surface area contributed by atoms with Gasteiger partial charge in [0.05, 0.1) is 5.41 Å². The second-order valence-electron chi connectivity index (χ2n) is 8.29. The second kappa shape index (κ2) is 8.25. The van der Waals surface area contributed by atoms with Gasteiger partial charge in [-0.15, -0.1) is 0 Å². The van der Waals surface area contributed by atoms with Crippen molar-refractivity contribution in [1.82, 2.24) is 0 Å². The van der Waals surface area contributed by atoms with E-state index < -0.39 is 11.6 Å². The standard InChI is InChI=1S/C20H35F3/c1-3-5-13-19(20(21,22)23)14-11-18(12-15-19)17-9-7-16(6-4-2)8-10-17/h16-18H,3-15H2,1-2H3. The van der Waals surface area contributed by atoms with Crippen LogP contribution in [0.15, 0.2) is 0 Å². The number of halogens is 3. The second-order valence-corrected chi connectivity index (χ2v) is 8.29. The average molecular weight is 332 g/mol. The van der Waals surface area contributed by atoms with Crippen molar-refractivity contribution in [3.8, 4) is 0 Å². The molecular formula is C20H35F3. The molecule has 23 heavy (non-hydrogen) atoms. The molecule has 0 bridgehead atoms. The third-order valence-corrected chi connectivity index (χ3v) is 6.85. The smallest absolute Gasteiger partial charge is 0.171 e. The lowest BCUT2D eigenvalue weighted by atomic mass is 9.62. The fraction of sp³-hybridized carbons (Fsp3) is 1.00. The first-order chi connectivity index (χ1) is 10.9. The lowest BCUT2D eigenvalue weighted by Gasteiger charge is -2.44. The molecule has 2 aliphatic rings. The molecule has 0 aromatic carbocycles. The zero-order valence-electron chi connectivity index (χ0n) is 15.1. The summed E-state index contributed by atoms with van der Waals surface area (Å²) in [5.41, 5.74) is -1.36. The molecular weight excluding hydrogens is 297 g/mol. The Kier molecular flexibility index (Phi) is 6.86. The highest BCUT2D eigenvalue weighted by Gasteiger charge is 2.55. The molecule has 2 aliphatic carbocycles. The maximum absolute atomic E-state index is 13.6. The Hall–Kier alpha value is -0.210. The van der Waals surface area contributed by atoms with E-state index in [4.69, 9.17) is 0 Å². The van der Waals surface area contributed by atoms with Crippen LogP contribution in [0.4, 0.5) is 13.2 Å². The lowest BCUT2D eigenvalue weighted by molar-refractivity contribution is -0.241. The SMILES string of the molecule is CCCCC1(C(F)(F)F)CCC(C2CCC(CCC)CC2)CC1. The highest BCUT2D eigenvalue weighted by atomic mass is 19.4. The van der Waals surface area contributed by atoms with Crippen molar-refractivity contribution in [1.29, 1.82) is 0 Å². The summed E-state index contributed by atoms with van der Waals surface area (Å²) in [5.74, 6) is 2.16. The third kappa shape index (κ3) is 4.66. The van der Waals surface area contributed by atoms with E-state index in [1.807, 2.05) is 6.92 Å². The van der Waals surface area contributed by atoms with Gasteiger partial charge in [0.25, 0.3) is 0 Å². The van der Waals surface area contributed by atoms with Crippen molar-refractivity contribution in [2.75, 3.05) is 0 Å². The van der Waals surface area contributed by atoms with Crippen LogP contribution in [-0.4, -0.2) is 6.18 Å². The van der Waals surface area contributed by atoms with Gasteiger partial charge in [0.15, 0.2) is 0 Å². The van der Waals surface area contributed by atoms with Crippen LogP contribution in [-0.2, 0) is 0 Å². The summed E-state index contributed by atoms with van der Waals surface area (Å²) >= 11 is 0. The maximum Gasteiger partial charge on any atom is 0.394 e. The molecule has 0 heterocycles. The average Bonchev–Trinajstić information content (AvgIpc) is 2.53. The Morgan fingerprint density at radius 2 is 1.39 bits per heavy atom. The number of unbranched alkanes of at least 4 members (excludes halogenated alkanes) is 1. The molecule has 0 nitrogen and oxygen atoms in total. The predicted molar refractivity (Wildman–Crippen MR) is 90.3 cm³/mol. The van der Waals surface area contributed by atoms with Crippen molar-refractivity contribution in [3.63, 3.8) is 0 Å². The Bertz CT molecular complexity index is 331. The summed E-state index contributed by atoms with van der Waals surface area (Å²) in [4.78, 5) is 0. The van der Waals surface area contributed by atoms with Crippen LogP contribution in [0.3, 0.4) is 0 Å². The highest BCUT2D eigenvalue weighted by Crippen LogP contribution is 2.55. The summed E-state index contributed by atoms with van der Waals surface area (Å²) < 4.78 is 40.9. The summed E-state index contributed by atoms with van der Waals surface area (Å²) in [6, 6.07) is 0. The molecule has 3 heteroatoms. The Labute approximate surface area is 140 Å². The fourth-order valence-electron chi connectivity index (χ4n) is 5.21. The van der Waals surface area contributed by atoms with Crippen LogP contribution in [0.1, 0.15) is 97.3 Å². The molecule has 0 aliphatic heterocycles. The van der Waals surface area contributed by atoms with Crippen LogP contribution < -0.4 is 0 Å². The highest BCUT2D eigenvalue weighted by molar-refractivity contribution is 4.93. The quantitative estimate of drug-likeness (QED) is 0.472. The van der Waals surface area contributed by atoms with Gasteiger partial charge in [-0.25, -0.2) is 0 Å². The molecule has 2 rings (SSSR count). The molecule has 136 valence electrons. The van der Waals surface area contributed by atoms with Gasteiger partial charge in [0.2, 0.25) is 0 Å². The molecule has 0 atom stereocenters. The third-order valence-electron chi connectivity index (χ3n) is 6.85. The number of hydrogen-bond acceptors (Lipinski definition) is 0.